The van der Waals surface area contributed by atoms with Crippen molar-refractivity contribution in [2.24, 2.45) is 0 Å². The molecule has 1 atom stereocenters. The molecule has 108 valence electrons. The Bertz CT molecular complexity index is 664. The summed E-state index contributed by atoms with van der Waals surface area (Å²) in [6.45, 7) is 1.42. The Morgan fingerprint density at radius 3 is 2.33 bits per heavy atom. The van der Waals surface area contributed by atoms with Gasteiger partial charge in [0.2, 0.25) is 5.78 Å². The molecule has 4 nitrogen and oxygen atoms in total. The van der Waals surface area contributed by atoms with Crippen LogP contribution in [0.4, 0.5) is 4.39 Å². The number of benzene rings is 2. The number of hydrogen-bond acceptors (Lipinski definition) is 4. The Labute approximate surface area is 120 Å². The first-order valence-corrected chi connectivity index (χ1v) is 6.28. The molecule has 1 unspecified atom stereocenters. The van der Waals surface area contributed by atoms with Gasteiger partial charge in [-0.15, -0.1) is 0 Å². The SMILES string of the molecule is CC(OC(=O)c1ccccc1O)C(=O)c1ccc(F)cc1. The lowest BCUT2D eigenvalue weighted by molar-refractivity contribution is 0.0316. The van der Waals surface area contributed by atoms with Gasteiger partial charge in [0.05, 0.1) is 0 Å². The number of aromatic hydroxyl groups is 1. The van der Waals surface area contributed by atoms with Crippen molar-refractivity contribution in [1.82, 2.24) is 0 Å². The molecule has 0 bridgehead atoms. The number of ketones is 1. The molecule has 2 aromatic carbocycles. The molecular weight excluding hydrogens is 275 g/mol. The molecule has 21 heavy (non-hydrogen) atoms. The summed E-state index contributed by atoms with van der Waals surface area (Å²) < 4.78 is 17.8. The Hall–Kier alpha value is -2.69. The second kappa shape index (κ2) is 6.17. The summed E-state index contributed by atoms with van der Waals surface area (Å²) in [5.41, 5.74) is 0.227. The number of esters is 1. The van der Waals surface area contributed by atoms with E-state index in [2.05, 4.69) is 0 Å². The number of phenolic OH excluding ortho intramolecular Hbond substituents is 1. The molecule has 0 aromatic heterocycles. The highest BCUT2D eigenvalue weighted by molar-refractivity contribution is 6.01. The second-order valence-electron chi connectivity index (χ2n) is 4.44. The summed E-state index contributed by atoms with van der Waals surface area (Å²) in [5.74, 6) is -1.91. The first-order chi connectivity index (χ1) is 9.99. The fourth-order valence-electron chi connectivity index (χ4n) is 1.77. The van der Waals surface area contributed by atoms with E-state index in [-0.39, 0.29) is 16.9 Å². The molecule has 0 fully saturated rings. The molecule has 0 aliphatic carbocycles. The third kappa shape index (κ3) is 3.45. The number of carbonyl (C=O) groups is 2. The molecule has 0 aliphatic rings. The van der Waals surface area contributed by atoms with Gasteiger partial charge in [0.1, 0.15) is 17.1 Å². The molecule has 0 radical (unpaired) electrons. The van der Waals surface area contributed by atoms with Crippen LogP contribution in [0.2, 0.25) is 0 Å². The minimum atomic E-state index is -1.04. The number of halogens is 1. The van der Waals surface area contributed by atoms with Gasteiger partial charge in [0.25, 0.3) is 0 Å². The molecule has 0 amide bonds. The monoisotopic (exact) mass is 288 g/mol. The van der Waals surface area contributed by atoms with Crippen molar-refractivity contribution in [1.29, 1.82) is 0 Å². The molecule has 0 spiro atoms. The molecule has 0 saturated heterocycles. The zero-order valence-electron chi connectivity index (χ0n) is 11.2. The number of ether oxygens (including phenoxy) is 1. The van der Waals surface area contributed by atoms with Crippen molar-refractivity contribution in [3.05, 3.63) is 65.5 Å². The van der Waals surface area contributed by atoms with Gasteiger partial charge in [-0.2, -0.15) is 0 Å². The van der Waals surface area contributed by atoms with Crippen LogP contribution in [0.3, 0.4) is 0 Å². The van der Waals surface area contributed by atoms with Crippen LogP contribution in [-0.4, -0.2) is 23.0 Å². The summed E-state index contributed by atoms with van der Waals surface area (Å²) >= 11 is 0. The zero-order valence-corrected chi connectivity index (χ0v) is 11.2. The van der Waals surface area contributed by atoms with Crippen LogP contribution in [0.25, 0.3) is 0 Å². The van der Waals surface area contributed by atoms with E-state index >= 15 is 0 Å². The molecule has 5 heteroatoms. The van der Waals surface area contributed by atoms with Gasteiger partial charge >= 0.3 is 5.97 Å². The Kier molecular flexibility index (Phi) is 4.33. The topological polar surface area (TPSA) is 63.6 Å². The van der Waals surface area contributed by atoms with Crippen LogP contribution in [-0.2, 0) is 4.74 Å². The minimum Gasteiger partial charge on any atom is -0.507 e. The lowest BCUT2D eigenvalue weighted by Gasteiger charge is -2.13. The third-order valence-corrected chi connectivity index (χ3v) is 2.91. The van der Waals surface area contributed by atoms with Crippen molar-refractivity contribution in [3.8, 4) is 5.75 Å². The summed E-state index contributed by atoms with van der Waals surface area (Å²) in [7, 11) is 0. The number of Topliss-reactive ketones (excluding diaryl/α,β-unsaturated/α-hetero) is 1. The molecule has 2 aromatic rings. The fourth-order valence-corrected chi connectivity index (χ4v) is 1.77. The Balaban J connectivity index is 2.09. The smallest absolute Gasteiger partial charge is 0.342 e. The summed E-state index contributed by atoms with van der Waals surface area (Å²) in [6.07, 6.45) is -1.04. The third-order valence-electron chi connectivity index (χ3n) is 2.91. The van der Waals surface area contributed by atoms with Crippen molar-refractivity contribution >= 4 is 11.8 Å². The normalized spacial score (nSPS) is 11.7. The van der Waals surface area contributed by atoms with Crippen LogP contribution >= 0.6 is 0 Å². The Morgan fingerprint density at radius 2 is 1.71 bits per heavy atom. The van der Waals surface area contributed by atoms with Gasteiger partial charge in [-0.25, -0.2) is 9.18 Å². The van der Waals surface area contributed by atoms with E-state index in [4.69, 9.17) is 4.74 Å². The van der Waals surface area contributed by atoms with E-state index in [1.54, 1.807) is 12.1 Å². The fraction of sp³-hybridized carbons (Fsp3) is 0.125. The van der Waals surface area contributed by atoms with Gasteiger partial charge in [0, 0.05) is 5.56 Å². The summed E-state index contributed by atoms with van der Waals surface area (Å²) in [5, 5.41) is 9.55. The van der Waals surface area contributed by atoms with Gasteiger partial charge in [-0.05, 0) is 43.3 Å². The highest BCUT2D eigenvalue weighted by Crippen LogP contribution is 2.18. The number of hydrogen-bond donors (Lipinski definition) is 1. The predicted molar refractivity (Wildman–Crippen MR) is 73.7 cm³/mol. The average molecular weight is 288 g/mol. The molecular formula is C16H13FO4. The lowest BCUT2D eigenvalue weighted by atomic mass is 10.1. The lowest BCUT2D eigenvalue weighted by Crippen LogP contribution is -2.24. The summed E-state index contributed by atoms with van der Waals surface area (Å²) in [6, 6.07) is 10.8. The van der Waals surface area contributed by atoms with Crippen LogP contribution in [0.5, 0.6) is 5.75 Å². The first-order valence-electron chi connectivity index (χ1n) is 6.28. The average Bonchev–Trinajstić information content (AvgIpc) is 2.47. The quantitative estimate of drug-likeness (QED) is 0.694. The minimum absolute atomic E-state index is 0.0174. The largest absolute Gasteiger partial charge is 0.507 e. The predicted octanol–water partition coefficient (Wildman–Crippen LogP) is 2.96. The van der Waals surface area contributed by atoms with Gasteiger partial charge in [0.15, 0.2) is 6.10 Å². The number of rotatable bonds is 4. The number of para-hydroxylation sites is 1. The van der Waals surface area contributed by atoms with E-state index in [1.165, 1.54) is 31.2 Å². The Morgan fingerprint density at radius 1 is 1.10 bits per heavy atom. The van der Waals surface area contributed by atoms with E-state index in [0.717, 1.165) is 12.1 Å². The van der Waals surface area contributed by atoms with Crippen LogP contribution in [0.15, 0.2) is 48.5 Å². The maximum atomic E-state index is 12.8. The van der Waals surface area contributed by atoms with Crippen LogP contribution < -0.4 is 0 Å². The van der Waals surface area contributed by atoms with Crippen molar-refractivity contribution in [3.63, 3.8) is 0 Å². The number of phenols is 1. The van der Waals surface area contributed by atoms with E-state index in [0.29, 0.717) is 0 Å². The maximum absolute atomic E-state index is 12.8. The number of carbonyl (C=O) groups excluding carboxylic acids is 2. The van der Waals surface area contributed by atoms with E-state index in [9.17, 15) is 19.1 Å². The maximum Gasteiger partial charge on any atom is 0.342 e. The standard InChI is InChI=1S/C16H13FO4/c1-10(15(19)11-6-8-12(17)9-7-11)21-16(20)13-4-2-3-5-14(13)18/h2-10,18H,1H3. The molecule has 0 aliphatic heterocycles. The highest BCUT2D eigenvalue weighted by Gasteiger charge is 2.21. The first kappa shape index (κ1) is 14.7. The molecule has 2 rings (SSSR count). The van der Waals surface area contributed by atoms with Crippen molar-refractivity contribution < 1.29 is 23.8 Å². The molecule has 0 saturated carbocycles. The van der Waals surface area contributed by atoms with Gasteiger partial charge in [-0.3, -0.25) is 4.79 Å². The second-order valence-corrected chi connectivity index (χ2v) is 4.44. The van der Waals surface area contributed by atoms with Crippen molar-refractivity contribution in [2.45, 2.75) is 13.0 Å². The van der Waals surface area contributed by atoms with E-state index < -0.39 is 23.7 Å². The van der Waals surface area contributed by atoms with Crippen LogP contribution in [0, 0.1) is 5.82 Å². The van der Waals surface area contributed by atoms with Crippen LogP contribution in [0.1, 0.15) is 27.6 Å². The molecule has 0 heterocycles. The highest BCUT2D eigenvalue weighted by atomic mass is 19.1. The van der Waals surface area contributed by atoms with Crippen molar-refractivity contribution in [2.75, 3.05) is 0 Å². The molecule has 1 N–H and O–H groups in total. The van der Waals surface area contributed by atoms with Gasteiger partial charge in [-0.1, -0.05) is 12.1 Å². The van der Waals surface area contributed by atoms with E-state index in [1.807, 2.05) is 0 Å². The zero-order chi connectivity index (χ0) is 15.4. The summed E-state index contributed by atoms with van der Waals surface area (Å²) in [4.78, 5) is 23.9. The van der Waals surface area contributed by atoms with Gasteiger partial charge < -0.3 is 9.84 Å².